The Kier molecular flexibility index (Phi) is 4.89. The summed E-state index contributed by atoms with van der Waals surface area (Å²) in [7, 11) is 0. The molecule has 0 radical (unpaired) electrons. The second kappa shape index (κ2) is 6.65. The number of aromatic carboxylic acids is 1. The molecule has 2 amide bonds. The summed E-state index contributed by atoms with van der Waals surface area (Å²) in [5.41, 5.74) is 1.21. The van der Waals surface area contributed by atoms with Gasteiger partial charge in [-0.3, -0.25) is 0 Å². The Morgan fingerprint density at radius 2 is 2.20 bits per heavy atom. The number of carboxylic acids is 1. The Labute approximate surface area is 122 Å². The smallest absolute Gasteiger partial charge is 0.337 e. The van der Waals surface area contributed by atoms with Crippen LogP contribution in [0.25, 0.3) is 0 Å². The van der Waals surface area contributed by atoms with Gasteiger partial charge in [-0.15, -0.1) is 0 Å². The van der Waals surface area contributed by atoms with E-state index in [9.17, 15) is 9.59 Å². The number of aryl methyl sites for hydroxylation is 1. The highest BCUT2D eigenvalue weighted by Gasteiger charge is 2.18. The average molecular weight is 294 g/mol. The maximum Gasteiger partial charge on any atom is 0.337 e. The number of thioether (sulfide) groups is 1. The SMILES string of the molecule is Cc1cccc(C(=O)O)c1NC(=O)NC1CCCSC1. The number of para-hydroxylation sites is 1. The van der Waals surface area contributed by atoms with Gasteiger partial charge in [-0.25, -0.2) is 9.59 Å². The van der Waals surface area contributed by atoms with Crippen LogP contribution in [0.5, 0.6) is 0 Å². The molecule has 20 heavy (non-hydrogen) atoms. The molecule has 0 spiro atoms. The molecule has 1 fully saturated rings. The Balaban J connectivity index is 2.05. The number of urea groups is 1. The first-order valence-electron chi connectivity index (χ1n) is 6.56. The van der Waals surface area contributed by atoms with Crippen molar-refractivity contribution in [3.05, 3.63) is 29.3 Å². The van der Waals surface area contributed by atoms with Gasteiger partial charge in [0.15, 0.2) is 0 Å². The van der Waals surface area contributed by atoms with Crippen LogP contribution in [-0.2, 0) is 0 Å². The molecule has 1 aliphatic heterocycles. The molecule has 5 nitrogen and oxygen atoms in total. The number of amides is 2. The Bertz CT molecular complexity index is 513. The number of carboxylic acid groups (broad SMARTS) is 1. The summed E-state index contributed by atoms with van der Waals surface area (Å²) in [4.78, 5) is 23.2. The van der Waals surface area contributed by atoms with Crippen LogP contribution >= 0.6 is 11.8 Å². The predicted molar refractivity (Wildman–Crippen MR) is 80.6 cm³/mol. The van der Waals surface area contributed by atoms with E-state index in [1.807, 2.05) is 11.8 Å². The van der Waals surface area contributed by atoms with Gasteiger partial charge in [-0.2, -0.15) is 11.8 Å². The van der Waals surface area contributed by atoms with Crippen LogP contribution < -0.4 is 10.6 Å². The Hall–Kier alpha value is -1.69. The quantitative estimate of drug-likeness (QED) is 0.801. The van der Waals surface area contributed by atoms with E-state index in [1.165, 1.54) is 6.07 Å². The summed E-state index contributed by atoms with van der Waals surface area (Å²) < 4.78 is 0. The molecule has 1 aliphatic rings. The standard InChI is InChI=1S/C14H18N2O3S/c1-9-4-2-6-11(13(17)18)12(9)16-14(19)15-10-5-3-7-20-8-10/h2,4,6,10H,3,5,7-8H2,1H3,(H,17,18)(H2,15,16,19). The Morgan fingerprint density at radius 1 is 1.40 bits per heavy atom. The highest BCUT2D eigenvalue weighted by Crippen LogP contribution is 2.21. The van der Waals surface area contributed by atoms with Gasteiger partial charge in [-0.1, -0.05) is 12.1 Å². The first-order chi connectivity index (χ1) is 9.58. The summed E-state index contributed by atoms with van der Waals surface area (Å²) in [6, 6.07) is 4.75. The molecule has 1 aromatic carbocycles. The van der Waals surface area contributed by atoms with Crippen LogP contribution in [-0.4, -0.2) is 34.7 Å². The molecule has 0 saturated carbocycles. The maximum absolute atomic E-state index is 12.0. The molecule has 2 rings (SSSR count). The minimum Gasteiger partial charge on any atom is -0.478 e. The molecule has 3 N–H and O–H groups in total. The van der Waals surface area contributed by atoms with Gasteiger partial charge in [0.2, 0.25) is 0 Å². The third-order valence-corrected chi connectivity index (χ3v) is 4.45. The van der Waals surface area contributed by atoms with Crippen molar-refractivity contribution in [2.75, 3.05) is 16.8 Å². The predicted octanol–water partition coefficient (Wildman–Crippen LogP) is 2.71. The van der Waals surface area contributed by atoms with E-state index in [-0.39, 0.29) is 17.6 Å². The number of hydrogen-bond donors (Lipinski definition) is 3. The lowest BCUT2D eigenvalue weighted by atomic mass is 10.1. The lowest BCUT2D eigenvalue weighted by Crippen LogP contribution is -2.41. The van der Waals surface area contributed by atoms with Crippen LogP contribution in [0.1, 0.15) is 28.8 Å². The number of carbonyl (C=O) groups excluding carboxylic acids is 1. The van der Waals surface area contributed by atoms with Crippen molar-refractivity contribution in [1.82, 2.24) is 5.32 Å². The number of hydrogen-bond acceptors (Lipinski definition) is 3. The molecular weight excluding hydrogens is 276 g/mol. The van der Waals surface area contributed by atoms with E-state index in [0.717, 1.165) is 29.9 Å². The summed E-state index contributed by atoms with van der Waals surface area (Å²) in [6.07, 6.45) is 2.07. The van der Waals surface area contributed by atoms with Crippen LogP contribution in [0.2, 0.25) is 0 Å². The van der Waals surface area contributed by atoms with Gasteiger partial charge in [-0.05, 0) is 37.1 Å². The molecular formula is C14H18N2O3S. The first-order valence-corrected chi connectivity index (χ1v) is 7.71. The van der Waals surface area contributed by atoms with E-state index in [2.05, 4.69) is 10.6 Å². The summed E-state index contributed by atoms with van der Waals surface area (Å²) in [6.45, 7) is 1.78. The van der Waals surface area contributed by atoms with Crippen molar-refractivity contribution >= 4 is 29.4 Å². The molecule has 1 aromatic rings. The molecule has 108 valence electrons. The fourth-order valence-corrected chi connectivity index (χ4v) is 3.27. The molecule has 0 aromatic heterocycles. The third-order valence-electron chi connectivity index (χ3n) is 3.24. The second-order valence-corrected chi connectivity index (χ2v) is 5.96. The van der Waals surface area contributed by atoms with Crippen molar-refractivity contribution in [2.45, 2.75) is 25.8 Å². The monoisotopic (exact) mass is 294 g/mol. The number of benzene rings is 1. The van der Waals surface area contributed by atoms with Crippen LogP contribution in [0.15, 0.2) is 18.2 Å². The van der Waals surface area contributed by atoms with Crippen LogP contribution in [0.4, 0.5) is 10.5 Å². The maximum atomic E-state index is 12.0. The summed E-state index contributed by atoms with van der Waals surface area (Å²) in [5, 5.41) is 14.7. The van der Waals surface area contributed by atoms with Gasteiger partial charge >= 0.3 is 12.0 Å². The fraction of sp³-hybridized carbons (Fsp3) is 0.429. The van der Waals surface area contributed by atoms with Gasteiger partial charge in [0.1, 0.15) is 0 Å². The van der Waals surface area contributed by atoms with Crippen molar-refractivity contribution in [3.8, 4) is 0 Å². The lowest BCUT2D eigenvalue weighted by molar-refractivity contribution is 0.0698. The van der Waals surface area contributed by atoms with E-state index in [1.54, 1.807) is 19.1 Å². The molecule has 0 bridgehead atoms. The highest BCUT2D eigenvalue weighted by molar-refractivity contribution is 7.99. The third kappa shape index (κ3) is 3.66. The minimum absolute atomic E-state index is 0.109. The number of anilines is 1. The van der Waals surface area contributed by atoms with E-state index in [4.69, 9.17) is 5.11 Å². The van der Waals surface area contributed by atoms with Crippen molar-refractivity contribution < 1.29 is 14.7 Å². The van der Waals surface area contributed by atoms with Crippen molar-refractivity contribution in [1.29, 1.82) is 0 Å². The minimum atomic E-state index is -1.04. The number of rotatable bonds is 3. The van der Waals surface area contributed by atoms with Gasteiger partial charge in [0.25, 0.3) is 0 Å². The molecule has 1 saturated heterocycles. The van der Waals surface area contributed by atoms with Gasteiger partial charge in [0.05, 0.1) is 11.3 Å². The van der Waals surface area contributed by atoms with E-state index < -0.39 is 5.97 Å². The number of carbonyl (C=O) groups is 2. The van der Waals surface area contributed by atoms with Crippen LogP contribution in [0.3, 0.4) is 0 Å². The second-order valence-electron chi connectivity index (χ2n) is 4.82. The van der Waals surface area contributed by atoms with Crippen molar-refractivity contribution in [3.63, 3.8) is 0 Å². The van der Waals surface area contributed by atoms with Gasteiger partial charge in [0, 0.05) is 11.8 Å². The number of nitrogens with one attached hydrogen (secondary N) is 2. The molecule has 1 heterocycles. The average Bonchev–Trinajstić information content (AvgIpc) is 2.42. The molecule has 1 atom stereocenters. The molecule has 1 unspecified atom stereocenters. The lowest BCUT2D eigenvalue weighted by Gasteiger charge is -2.23. The zero-order valence-corrected chi connectivity index (χ0v) is 12.1. The normalized spacial score (nSPS) is 18.4. The largest absolute Gasteiger partial charge is 0.478 e. The van der Waals surface area contributed by atoms with Crippen molar-refractivity contribution in [2.24, 2.45) is 0 Å². The van der Waals surface area contributed by atoms with E-state index in [0.29, 0.717) is 5.69 Å². The van der Waals surface area contributed by atoms with E-state index >= 15 is 0 Å². The topological polar surface area (TPSA) is 78.4 Å². The molecule has 0 aliphatic carbocycles. The molecule has 6 heteroatoms. The highest BCUT2D eigenvalue weighted by atomic mass is 32.2. The summed E-state index contributed by atoms with van der Waals surface area (Å²) >= 11 is 1.83. The van der Waals surface area contributed by atoms with Gasteiger partial charge < -0.3 is 15.7 Å². The zero-order chi connectivity index (χ0) is 14.5. The fourth-order valence-electron chi connectivity index (χ4n) is 2.20. The first kappa shape index (κ1) is 14.7. The zero-order valence-electron chi connectivity index (χ0n) is 11.3. The summed E-state index contributed by atoms with van der Waals surface area (Å²) in [5.74, 6) is 1.01. The van der Waals surface area contributed by atoms with Crippen LogP contribution in [0, 0.1) is 6.92 Å². The Morgan fingerprint density at radius 3 is 2.85 bits per heavy atom.